The minimum Gasteiger partial charge on any atom is -0.323 e. The number of nitrogens with one attached hydrogen (secondary N) is 1. The molecule has 2 fully saturated rings. The molecule has 1 saturated heterocycles. The number of nitrogens with zero attached hydrogens (tertiary/aromatic N) is 1. The lowest BCUT2D eigenvalue weighted by atomic mass is 9.96. The molecule has 3 amide bonds. The van der Waals surface area contributed by atoms with Gasteiger partial charge in [0.25, 0.3) is 5.91 Å². The number of hydrogen-bond donors (Lipinski definition) is 1. The molecule has 0 bridgehead atoms. The Bertz CT molecular complexity index is 603. The molecule has 1 saturated carbocycles. The normalized spacial score (nSPS) is 26.1. The van der Waals surface area contributed by atoms with E-state index in [1.165, 1.54) is 6.07 Å². The average molecular weight is 341 g/mol. The van der Waals surface area contributed by atoms with Crippen LogP contribution >= 0.6 is 15.9 Å². The zero-order valence-corrected chi connectivity index (χ0v) is 12.5. The van der Waals surface area contributed by atoms with Gasteiger partial charge in [0.15, 0.2) is 0 Å². The van der Waals surface area contributed by atoms with Gasteiger partial charge in [0, 0.05) is 10.0 Å². The van der Waals surface area contributed by atoms with Crippen molar-refractivity contribution < 1.29 is 14.0 Å². The summed E-state index contributed by atoms with van der Waals surface area (Å²) in [5.74, 6) is -0.481. The molecule has 3 rings (SSSR count). The van der Waals surface area contributed by atoms with Gasteiger partial charge < -0.3 is 5.32 Å². The second-order valence-electron chi connectivity index (χ2n) is 5.53. The summed E-state index contributed by atoms with van der Waals surface area (Å²) in [7, 11) is 0. The van der Waals surface area contributed by atoms with E-state index >= 15 is 0 Å². The molecule has 1 aromatic rings. The van der Waals surface area contributed by atoms with Gasteiger partial charge in [-0.2, -0.15) is 0 Å². The second kappa shape index (κ2) is 4.55. The van der Waals surface area contributed by atoms with Gasteiger partial charge >= 0.3 is 6.03 Å². The van der Waals surface area contributed by atoms with Crippen LogP contribution in [0, 0.1) is 11.7 Å². The Hall–Kier alpha value is -1.43. The predicted molar refractivity (Wildman–Crippen MR) is 74.3 cm³/mol. The minimum atomic E-state index is -0.817. The summed E-state index contributed by atoms with van der Waals surface area (Å²) >= 11 is 3.18. The molecule has 1 heterocycles. The van der Waals surface area contributed by atoms with Crippen LogP contribution in [0.2, 0.25) is 0 Å². The molecule has 106 valence electrons. The van der Waals surface area contributed by atoms with Gasteiger partial charge in [0.2, 0.25) is 0 Å². The number of urea groups is 1. The Kier molecular flexibility index (Phi) is 3.08. The van der Waals surface area contributed by atoms with Crippen molar-refractivity contribution in [3.05, 3.63) is 34.1 Å². The van der Waals surface area contributed by atoms with Gasteiger partial charge in [-0.3, -0.25) is 9.69 Å². The Morgan fingerprint density at radius 3 is 2.75 bits per heavy atom. The summed E-state index contributed by atoms with van der Waals surface area (Å²) in [6, 6.07) is 4.16. The van der Waals surface area contributed by atoms with Crippen molar-refractivity contribution >= 4 is 27.9 Å². The molecule has 1 atom stereocenters. The largest absolute Gasteiger partial charge is 0.325 e. The molecule has 6 heteroatoms. The monoisotopic (exact) mass is 340 g/mol. The van der Waals surface area contributed by atoms with Gasteiger partial charge in [0.05, 0.1) is 6.54 Å². The number of imide groups is 1. The lowest BCUT2D eigenvalue weighted by Crippen LogP contribution is -2.46. The first-order valence-electron chi connectivity index (χ1n) is 6.50. The third-order valence-electron chi connectivity index (χ3n) is 4.04. The van der Waals surface area contributed by atoms with E-state index in [2.05, 4.69) is 21.2 Å². The molecule has 20 heavy (non-hydrogen) atoms. The Morgan fingerprint density at radius 2 is 2.15 bits per heavy atom. The van der Waals surface area contributed by atoms with Crippen molar-refractivity contribution in [2.24, 2.45) is 5.92 Å². The number of hydrogen-bond acceptors (Lipinski definition) is 2. The van der Waals surface area contributed by atoms with Crippen LogP contribution in [0.15, 0.2) is 22.7 Å². The fraction of sp³-hybridized carbons (Fsp3) is 0.429. The molecule has 1 aromatic carbocycles. The van der Waals surface area contributed by atoms with Crippen LogP contribution in [0.5, 0.6) is 0 Å². The molecule has 1 unspecified atom stereocenters. The number of amides is 3. The Balaban J connectivity index is 1.84. The van der Waals surface area contributed by atoms with E-state index in [0.717, 1.165) is 17.7 Å². The molecular weight excluding hydrogens is 327 g/mol. The fourth-order valence-corrected chi connectivity index (χ4v) is 2.95. The highest BCUT2D eigenvalue weighted by atomic mass is 79.9. The number of carbonyl (C=O) groups is 2. The summed E-state index contributed by atoms with van der Waals surface area (Å²) in [5.41, 5.74) is -0.486. The summed E-state index contributed by atoms with van der Waals surface area (Å²) in [5, 5.41) is 2.75. The highest BCUT2D eigenvalue weighted by molar-refractivity contribution is 9.10. The smallest absolute Gasteiger partial charge is 0.323 e. The molecule has 1 N–H and O–H groups in total. The first kappa shape index (κ1) is 13.5. The van der Waals surface area contributed by atoms with E-state index < -0.39 is 17.4 Å². The van der Waals surface area contributed by atoms with E-state index in [9.17, 15) is 14.0 Å². The molecule has 1 aliphatic carbocycles. The number of carbonyl (C=O) groups excluding carboxylic acids is 2. The lowest BCUT2D eigenvalue weighted by Gasteiger charge is -2.21. The molecule has 0 spiro atoms. The lowest BCUT2D eigenvalue weighted by molar-refractivity contribution is -0.131. The SMILES string of the molecule is CC1(C2CC2)NC(=O)N(Cc2ccc(Br)cc2F)C1=O. The van der Waals surface area contributed by atoms with Crippen LogP contribution in [-0.2, 0) is 11.3 Å². The Labute approximate surface area is 124 Å². The van der Waals surface area contributed by atoms with Crippen LogP contribution in [-0.4, -0.2) is 22.4 Å². The van der Waals surface area contributed by atoms with Crippen molar-refractivity contribution in [1.29, 1.82) is 0 Å². The number of rotatable bonds is 3. The topological polar surface area (TPSA) is 49.4 Å². The molecule has 0 radical (unpaired) electrons. The maximum absolute atomic E-state index is 13.8. The highest BCUT2D eigenvalue weighted by Gasteiger charge is 2.55. The molecule has 4 nitrogen and oxygen atoms in total. The van der Waals surface area contributed by atoms with Gasteiger partial charge in [-0.15, -0.1) is 0 Å². The maximum atomic E-state index is 13.8. The van der Waals surface area contributed by atoms with Crippen molar-refractivity contribution in [3.63, 3.8) is 0 Å². The molecule has 1 aliphatic heterocycles. The third-order valence-corrected chi connectivity index (χ3v) is 4.53. The summed E-state index contributed by atoms with van der Waals surface area (Å²) in [4.78, 5) is 25.5. The van der Waals surface area contributed by atoms with Gasteiger partial charge in [-0.1, -0.05) is 22.0 Å². The van der Waals surface area contributed by atoms with Crippen molar-refractivity contribution in [2.75, 3.05) is 0 Å². The van der Waals surface area contributed by atoms with E-state index in [4.69, 9.17) is 0 Å². The van der Waals surface area contributed by atoms with E-state index in [1.54, 1.807) is 19.1 Å². The molecular formula is C14H14BrFN2O2. The van der Waals surface area contributed by atoms with E-state index in [-0.39, 0.29) is 18.4 Å². The average Bonchev–Trinajstić information content (AvgIpc) is 3.18. The van der Waals surface area contributed by atoms with Gasteiger partial charge in [-0.25, -0.2) is 9.18 Å². The Morgan fingerprint density at radius 1 is 1.45 bits per heavy atom. The number of benzene rings is 1. The van der Waals surface area contributed by atoms with Crippen LogP contribution < -0.4 is 5.32 Å². The van der Waals surface area contributed by atoms with Gasteiger partial charge in [0.1, 0.15) is 11.4 Å². The second-order valence-corrected chi connectivity index (χ2v) is 6.45. The fourth-order valence-electron chi connectivity index (χ4n) is 2.62. The van der Waals surface area contributed by atoms with Gasteiger partial charge in [-0.05, 0) is 37.8 Å². The molecule has 0 aromatic heterocycles. The van der Waals surface area contributed by atoms with Crippen LogP contribution in [0.1, 0.15) is 25.3 Å². The van der Waals surface area contributed by atoms with Crippen molar-refractivity contribution in [3.8, 4) is 0 Å². The highest BCUT2D eigenvalue weighted by Crippen LogP contribution is 2.42. The third kappa shape index (κ3) is 2.12. The summed E-state index contributed by atoms with van der Waals surface area (Å²) in [6.45, 7) is 1.72. The van der Waals surface area contributed by atoms with Crippen molar-refractivity contribution in [1.82, 2.24) is 10.2 Å². The minimum absolute atomic E-state index is 0.0356. The first-order valence-corrected chi connectivity index (χ1v) is 7.29. The summed E-state index contributed by atoms with van der Waals surface area (Å²) < 4.78 is 14.4. The maximum Gasteiger partial charge on any atom is 0.325 e. The standard InChI is InChI=1S/C14H14BrFN2O2/c1-14(9-3-4-9)12(19)18(13(20)17-14)7-8-2-5-10(15)6-11(8)16/h2,5-6,9H,3-4,7H2,1H3,(H,17,20). The molecule has 2 aliphatic rings. The van der Waals surface area contributed by atoms with Crippen LogP contribution in [0.4, 0.5) is 9.18 Å². The zero-order valence-electron chi connectivity index (χ0n) is 11.0. The summed E-state index contributed by atoms with van der Waals surface area (Å²) in [6.07, 6.45) is 1.89. The van der Waals surface area contributed by atoms with Crippen LogP contribution in [0.25, 0.3) is 0 Å². The predicted octanol–water partition coefficient (Wildman–Crippen LogP) is 2.81. The zero-order chi connectivity index (χ0) is 14.5. The van der Waals surface area contributed by atoms with E-state index in [0.29, 0.717) is 10.0 Å². The first-order chi connectivity index (χ1) is 9.41. The number of halogens is 2. The van der Waals surface area contributed by atoms with E-state index in [1.807, 2.05) is 0 Å². The van der Waals surface area contributed by atoms with Crippen LogP contribution in [0.3, 0.4) is 0 Å². The quantitative estimate of drug-likeness (QED) is 0.860. The van der Waals surface area contributed by atoms with Crippen molar-refractivity contribution in [2.45, 2.75) is 31.8 Å².